The lowest BCUT2D eigenvalue weighted by Gasteiger charge is -2.27. The van der Waals surface area contributed by atoms with Crippen molar-refractivity contribution in [2.75, 3.05) is 32.8 Å². The summed E-state index contributed by atoms with van der Waals surface area (Å²) in [6.45, 7) is 1.61. The third-order valence-electron chi connectivity index (χ3n) is 4.56. The van der Waals surface area contributed by atoms with E-state index in [9.17, 15) is 14.4 Å². The highest BCUT2D eigenvalue weighted by molar-refractivity contribution is 9.10. The number of nitrogens with zero attached hydrogens (tertiary/aromatic N) is 2. The van der Waals surface area contributed by atoms with E-state index < -0.39 is 11.1 Å². The average molecular weight is 477 g/mol. The number of amides is 3. The Kier molecular flexibility index (Phi) is 5.89. The summed E-state index contributed by atoms with van der Waals surface area (Å²) >= 11 is 4.20. The van der Waals surface area contributed by atoms with Crippen molar-refractivity contribution in [3.05, 3.63) is 51.5 Å². The number of benzene rings is 1. The minimum atomic E-state index is -0.483. The van der Waals surface area contributed by atoms with Gasteiger partial charge in [0.25, 0.3) is 11.1 Å². The topological polar surface area (TPSA) is 80.1 Å². The van der Waals surface area contributed by atoms with Crippen molar-refractivity contribution in [1.29, 1.82) is 0 Å². The number of halogens is 1. The predicted octanol–water partition coefficient (Wildman–Crippen LogP) is 3.60. The maximum absolute atomic E-state index is 12.6. The molecule has 0 saturated carbocycles. The molecule has 2 aliphatic rings. The third kappa shape index (κ3) is 4.47. The summed E-state index contributed by atoms with van der Waals surface area (Å²) in [5.74, 6) is 0.383. The highest BCUT2D eigenvalue weighted by Crippen LogP contribution is 2.33. The molecule has 1 aromatic heterocycles. The molecule has 3 amide bonds. The molecule has 4 rings (SSSR count). The van der Waals surface area contributed by atoms with E-state index in [-0.39, 0.29) is 17.4 Å². The average Bonchev–Trinajstić information content (AvgIpc) is 3.29. The molecule has 2 aliphatic heterocycles. The van der Waals surface area contributed by atoms with Crippen LogP contribution in [0.15, 0.2) is 50.2 Å². The van der Waals surface area contributed by atoms with E-state index in [1.807, 2.05) is 24.3 Å². The molecular formula is C20H17BrN2O5S. The van der Waals surface area contributed by atoms with Gasteiger partial charge < -0.3 is 14.1 Å². The van der Waals surface area contributed by atoms with Crippen molar-refractivity contribution in [2.45, 2.75) is 0 Å². The Morgan fingerprint density at radius 2 is 1.83 bits per heavy atom. The van der Waals surface area contributed by atoms with Crippen LogP contribution in [0.3, 0.4) is 0 Å². The Morgan fingerprint density at radius 1 is 1.10 bits per heavy atom. The van der Waals surface area contributed by atoms with E-state index >= 15 is 0 Å². The number of ether oxygens (including phenoxy) is 1. The van der Waals surface area contributed by atoms with Crippen LogP contribution in [-0.4, -0.2) is 59.7 Å². The smallest absolute Gasteiger partial charge is 0.294 e. The molecule has 0 atom stereocenters. The molecule has 2 fully saturated rings. The first-order chi connectivity index (χ1) is 14.0. The van der Waals surface area contributed by atoms with Crippen molar-refractivity contribution in [3.8, 4) is 11.3 Å². The molecule has 9 heteroatoms. The second-order valence-electron chi connectivity index (χ2n) is 6.47. The van der Waals surface area contributed by atoms with Gasteiger partial charge in [-0.25, -0.2) is 0 Å². The molecule has 2 aromatic rings. The SMILES string of the molecule is O=C(CN1C(=O)S/C(=C\c2ccc(-c3ccc(Br)cc3)o2)C1=O)N1CCOCC1. The second kappa shape index (κ2) is 8.56. The van der Waals surface area contributed by atoms with Gasteiger partial charge in [0.1, 0.15) is 18.1 Å². The summed E-state index contributed by atoms with van der Waals surface area (Å²) in [7, 11) is 0. The lowest BCUT2D eigenvalue weighted by atomic mass is 10.2. The van der Waals surface area contributed by atoms with Crippen LogP contribution in [0.5, 0.6) is 0 Å². The molecule has 2 saturated heterocycles. The van der Waals surface area contributed by atoms with Crippen LogP contribution in [0, 0.1) is 0 Å². The summed E-state index contributed by atoms with van der Waals surface area (Å²) < 4.78 is 12.0. The minimum absolute atomic E-state index is 0.237. The van der Waals surface area contributed by atoms with Crippen molar-refractivity contribution >= 4 is 50.8 Å². The van der Waals surface area contributed by atoms with Gasteiger partial charge in [-0.1, -0.05) is 28.1 Å². The number of furan rings is 1. The summed E-state index contributed by atoms with van der Waals surface area (Å²) in [4.78, 5) is 40.1. The standard InChI is InChI=1S/C20H17BrN2O5S/c21-14-3-1-13(2-4-14)16-6-5-15(28-16)11-17-19(25)23(20(26)29-17)12-18(24)22-7-9-27-10-8-22/h1-6,11H,7-10,12H2/b17-11-. The zero-order valence-corrected chi connectivity index (χ0v) is 17.7. The lowest BCUT2D eigenvalue weighted by molar-refractivity contribution is -0.139. The quantitative estimate of drug-likeness (QED) is 0.627. The Morgan fingerprint density at radius 3 is 2.55 bits per heavy atom. The monoisotopic (exact) mass is 476 g/mol. The van der Waals surface area contributed by atoms with Crippen molar-refractivity contribution in [1.82, 2.24) is 9.80 Å². The van der Waals surface area contributed by atoms with Crippen molar-refractivity contribution in [2.24, 2.45) is 0 Å². The largest absolute Gasteiger partial charge is 0.457 e. The number of hydrogen-bond donors (Lipinski definition) is 0. The molecule has 0 bridgehead atoms. The number of carbonyl (C=O) groups excluding carboxylic acids is 3. The van der Waals surface area contributed by atoms with Gasteiger partial charge in [-0.2, -0.15) is 0 Å². The Hall–Kier alpha value is -2.36. The van der Waals surface area contributed by atoms with Gasteiger partial charge >= 0.3 is 0 Å². The number of morpholine rings is 1. The van der Waals surface area contributed by atoms with Gasteiger partial charge in [0.15, 0.2) is 0 Å². The molecule has 3 heterocycles. The van der Waals surface area contributed by atoms with Crippen LogP contribution in [0.2, 0.25) is 0 Å². The van der Waals surface area contributed by atoms with Gasteiger partial charge in [0, 0.05) is 29.2 Å². The zero-order chi connectivity index (χ0) is 20.4. The first-order valence-corrected chi connectivity index (χ1v) is 10.6. The van der Waals surface area contributed by atoms with E-state index in [1.165, 1.54) is 6.08 Å². The number of carbonyl (C=O) groups is 3. The van der Waals surface area contributed by atoms with Gasteiger partial charge in [-0.05, 0) is 36.0 Å². The summed E-state index contributed by atoms with van der Waals surface area (Å²) in [5.41, 5.74) is 0.900. The van der Waals surface area contributed by atoms with E-state index in [0.717, 1.165) is 26.7 Å². The van der Waals surface area contributed by atoms with Gasteiger partial charge in [0.05, 0.1) is 18.1 Å². The fourth-order valence-corrected chi connectivity index (χ4v) is 4.10. The van der Waals surface area contributed by atoms with Crippen LogP contribution in [-0.2, 0) is 14.3 Å². The van der Waals surface area contributed by atoms with Gasteiger partial charge in [0.2, 0.25) is 5.91 Å². The molecule has 150 valence electrons. The molecule has 0 radical (unpaired) electrons. The van der Waals surface area contributed by atoms with E-state index in [4.69, 9.17) is 9.15 Å². The molecule has 1 aromatic carbocycles. The Bertz CT molecular complexity index is 979. The molecule has 0 spiro atoms. The van der Waals surface area contributed by atoms with E-state index in [2.05, 4.69) is 15.9 Å². The maximum atomic E-state index is 12.6. The van der Waals surface area contributed by atoms with Crippen molar-refractivity contribution < 1.29 is 23.5 Å². The normalized spacial score (nSPS) is 18.7. The van der Waals surface area contributed by atoms with Crippen LogP contribution < -0.4 is 0 Å². The van der Waals surface area contributed by atoms with Crippen molar-refractivity contribution in [3.63, 3.8) is 0 Å². The molecule has 7 nitrogen and oxygen atoms in total. The molecule has 0 unspecified atom stereocenters. The maximum Gasteiger partial charge on any atom is 0.294 e. The van der Waals surface area contributed by atoms with Crippen LogP contribution >= 0.6 is 27.7 Å². The summed E-state index contributed by atoms with van der Waals surface area (Å²) in [6.07, 6.45) is 1.53. The first-order valence-electron chi connectivity index (χ1n) is 8.98. The first kappa shape index (κ1) is 19.9. The van der Waals surface area contributed by atoms with Crippen LogP contribution in [0.4, 0.5) is 4.79 Å². The lowest BCUT2D eigenvalue weighted by Crippen LogP contribution is -2.46. The van der Waals surface area contributed by atoms with E-state index in [1.54, 1.807) is 17.0 Å². The van der Waals surface area contributed by atoms with E-state index in [0.29, 0.717) is 37.8 Å². The number of thioether (sulfide) groups is 1. The predicted molar refractivity (Wildman–Crippen MR) is 112 cm³/mol. The summed E-state index contributed by atoms with van der Waals surface area (Å²) in [6, 6.07) is 11.2. The Balaban J connectivity index is 1.46. The van der Waals surface area contributed by atoms with Crippen LogP contribution in [0.25, 0.3) is 17.4 Å². The zero-order valence-electron chi connectivity index (χ0n) is 15.3. The Labute approximate surface area is 179 Å². The number of hydrogen-bond acceptors (Lipinski definition) is 6. The molecule has 0 aliphatic carbocycles. The molecule has 29 heavy (non-hydrogen) atoms. The molecular weight excluding hydrogens is 460 g/mol. The van der Waals surface area contributed by atoms with Gasteiger partial charge in [-0.15, -0.1) is 0 Å². The van der Waals surface area contributed by atoms with Crippen LogP contribution in [0.1, 0.15) is 5.76 Å². The van der Waals surface area contributed by atoms with Gasteiger partial charge in [-0.3, -0.25) is 19.3 Å². The third-order valence-corrected chi connectivity index (χ3v) is 6.00. The summed E-state index contributed by atoms with van der Waals surface area (Å²) in [5, 5.41) is -0.456. The number of imide groups is 1. The highest BCUT2D eigenvalue weighted by Gasteiger charge is 2.37. The fourth-order valence-electron chi connectivity index (χ4n) is 3.01. The molecule has 0 N–H and O–H groups in total. The fraction of sp³-hybridized carbons (Fsp3) is 0.250. The second-order valence-corrected chi connectivity index (χ2v) is 8.38. The minimum Gasteiger partial charge on any atom is -0.457 e. The highest BCUT2D eigenvalue weighted by atomic mass is 79.9. The number of rotatable bonds is 4.